The van der Waals surface area contributed by atoms with Crippen LogP contribution >= 0.6 is 0 Å². The van der Waals surface area contributed by atoms with Gasteiger partial charge in [0.1, 0.15) is 0 Å². The molecule has 0 bridgehead atoms. The summed E-state index contributed by atoms with van der Waals surface area (Å²) in [7, 11) is 0. The smallest absolute Gasteiger partial charge is 0.155 e. The fourth-order valence-corrected chi connectivity index (χ4v) is 7.52. The lowest BCUT2D eigenvalue weighted by atomic mass is 9.45. The van der Waals surface area contributed by atoms with Crippen LogP contribution < -0.4 is 0 Å². The average Bonchev–Trinajstić information content (AvgIpc) is 3.01. The van der Waals surface area contributed by atoms with Gasteiger partial charge in [-0.25, -0.2) is 0 Å². The summed E-state index contributed by atoms with van der Waals surface area (Å²) in [4.78, 5) is 16.5. The molecular formula is C25H31NO. The molecule has 4 aliphatic rings. The molecule has 1 heterocycles. The second-order valence-electron chi connectivity index (χ2n) is 10.0. The van der Waals surface area contributed by atoms with Crippen molar-refractivity contribution in [1.82, 2.24) is 4.98 Å². The van der Waals surface area contributed by atoms with Gasteiger partial charge in [-0.2, -0.15) is 0 Å². The van der Waals surface area contributed by atoms with Crippen molar-refractivity contribution in [3.05, 3.63) is 47.8 Å². The third-order valence-electron chi connectivity index (χ3n) is 8.83. The number of pyridine rings is 1. The fraction of sp³-hybridized carbons (Fsp3) is 0.600. The zero-order valence-electron chi connectivity index (χ0n) is 16.9. The number of allylic oxidation sites excluding steroid dienone is 4. The van der Waals surface area contributed by atoms with E-state index >= 15 is 0 Å². The van der Waals surface area contributed by atoms with Crippen LogP contribution in [0, 0.1) is 34.5 Å². The maximum Gasteiger partial charge on any atom is 0.155 e. The van der Waals surface area contributed by atoms with Gasteiger partial charge in [0.25, 0.3) is 0 Å². The van der Waals surface area contributed by atoms with E-state index in [4.69, 9.17) is 0 Å². The normalized spacial score (nSPS) is 43.3. The molecule has 1 aromatic heterocycles. The molecule has 0 radical (unpaired) electrons. The lowest BCUT2D eigenvalue weighted by Gasteiger charge is -2.59. The molecular weight excluding hydrogens is 330 g/mol. The maximum atomic E-state index is 12.1. The number of fused-ring (bicyclic) bond motifs is 5. The average molecular weight is 362 g/mol. The van der Waals surface area contributed by atoms with E-state index in [2.05, 4.69) is 44.0 Å². The van der Waals surface area contributed by atoms with E-state index in [1.54, 1.807) is 0 Å². The van der Waals surface area contributed by atoms with Crippen molar-refractivity contribution in [2.75, 3.05) is 0 Å². The highest BCUT2D eigenvalue weighted by molar-refractivity contribution is 5.91. The summed E-state index contributed by atoms with van der Waals surface area (Å²) >= 11 is 0. The van der Waals surface area contributed by atoms with Gasteiger partial charge in [-0.3, -0.25) is 9.78 Å². The molecule has 6 atom stereocenters. The van der Waals surface area contributed by atoms with E-state index in [0.29, 0.717) is 11.7 Å². The van der Waals surface area contributed by atoms with Gasteiger partial charge in [-0.15, -0.1) is 0 Å². The van der Waals surface area contributed by atoms with Crippen LogP contribution in [0.2, 0.25) is 0 Å². The van der Waals surface area contributed by atoms with Crippen LogP contribution in [0.4, 0.5) is 0 Å². The molecule has 1 aromatic rings. The van der Waals surface area contributed by atoms with Gasteiger partial charge in [0.2, 0.25) is 0 Å². The first-order valence-electron chi connectivity index (χ1n) is 10.8. The second kappa shape index (κ2) is 5.90. The quantitative estimate of drug-likeness (QED) is 0.628. The number of hydrogen-bond acceptors (Lipinski definition) is 2. The fourth-order valence-electron chi connectivity index (χ4n) is 7.52. The van der Waals surface area contributed by atoms with Crippen LogP contribution in [0.3, 0.4) is 0 Å². The Labute approximate surface area is 163 Å². The first-order chi connectivity index (χ1) is 12.9. The minimum Gasteiger partial charge on any atom is -0.295 e. The van der Waals surface area contributed by atoms with Crippen LogP contribution in [0.1, 0.15) is 64.9 Å². The molecule has 0 aromatic carbocycles. The zero-order valence-corrected chi connectivity index (χ0v) is 16.9. The standard InChI is InChI=1S/C25H31NO/c1-16-13-19-21-7-6-20(17-5-4-12-26-15-17)24(21,2)11-9-22(19)25(3)10-8-18(27)14-23(16)25/h4-6,12,14-16,19,21-22H,7-11,13H2,1-3H3/t16?,19-,21-,22-,24+,25+/m0/s1. The van der Waals surface area contributed by atoms with Crippen LogP contribution in [-0.4, -0.2) is 10.8 Å². The molecule has 27 heavy (non-hydrogen) atoms. The Morgan fingerprint density at radius 3 is 2.78 bits per heavy atom. The topological polar surface area (TPSA) is 30.0 Å². The second-order valence-corrected chi connectivity index (χ2v) is 10.0. The van der Waals surface area contributed by atoms with Crippen molar-refractivity contribution < 1.29 is 4.79 Å². The van der Waals surface area contributed by atoms with Crippen molar-refractivity contribution in [3.63, 3.8) is 0 Å². The van der Waals surface area contributed by atoms with E-state index in [-0.39, 0.29) is 10.8 Å². The Balaban J connectivity index is 1.51. The predicted molar refractivity (Wildman–Crippen MR) is 109 cm³/mol. The van der Waals surface area contributed by atoms with Gasteiger partial charge < -0.3 is 0 Å². The van der Waals surface area contributed by atoms with Gasteiger partial charge in [0.15, 0.2) is 5.78 Å². The van der Waals surface area contributed by atoms with E-state index in [1.807, 2.05) is 18.5 Å². The lowest BCUT2D eigenvalue weighted by Crippen LogP contribution is -2.51. The number of carbonyl (C=O) groups excluding carboxylic acids is 1. The summed E-state index contributed by atoms with van der Waals surface area (Å²) in [6.07, 6.45) is 15.3. The number of carbonyl (C=O) groups is 1. The van der Waals surface area contributed by atoms with Crippen LogP contribution in [0.25, 0.3) is 5.57 Å². The summed E-state index contributed by atoms with van der Waals surface area (Å²) in [6.45, 7) is 7.36. The summed E-state index contributed by atoms with van der Waals surface area (Å²) in [5, 5.41) is 0. The van der Waals surface area contributed by atoms with Crippen molar-refractivity contribution >= 4 is 11.4 Å². The largest absolute Gasteiger partial charge is 0.295 e. The van der Waals surface area contributed by atoms with Gasteiger partial charge in [0.05, 0.1) is 0 Å². The van der Waals surface area contributed by atoms with Crippen molar-refractivity contribution in [1.29, 1.82) is 0 Å². The first kappa shape index (κ1) is 17.4. The molecule has 1 unspecified atom stereocenters. The molecule has 0 saturated heterocycles. The molecule has 2 fully saturated rings. The third-order valence-corrected chi connectivity index (χ3v) is 8.83. The molecule has 0 N–H and O–H groups in total. The summed E-state index contributed by atoms with van der Waals surface area (Å²) in [5.74, 6) is 3.16. The molecule has 2 nitrogen and oxygen atoms in total. The summed E-state index contributed by atoms with van der Waals surface area (Å²) in [6, 6.07) is 4.30. The van der Waals surface area contributed by atoms with Crippen LogP contribution in [-0.2, 0) is 4.79 Å². The van der Waals surface area contributed by atoms with Gasteiger partial charge >= 0.3 is 0 Å². The van der Waals surface area contributed by atoms with Gasteiger partial charge in [0, 0.05) is 18.8 Å². The van der Waals surface area contributed by atoms with E-state index in [9.17, 15) is 4.79 Å². The number of nitrogens with zero attached hydrogens (tertiary/aromatic N) is 1. The maximum absolute atomic E-state index is 12.1. The van der Waals surface area contributed by atoms with Gasteiger partial charge in [-0.1, -0.05) is 38.5 Å². The highest BCUT2D eigenvalue weighted by Gasteiger charge is 2.58. The molecule has 4 aliphatic carbocycles. The SMILES string of the molecule is CC1C[C@@H]2[C@H](CC[C@]3(C)C(c4cccnc4)=CC[C@@H]23)[C@@]2(C)CCC(=O)C=C12. The molecule has 142 valence electrons. The first-order valence-corrected chi connectivity index (χ1v) is 10.8. The highest BCUT2D eigenvalue weighted by Crippen LogP contribution is 2.67. The molecule has 5 rings (SSSR count). The molecule has 0 spiro atoms. The minimum absolute atomic E-state index is 0.245. The van der Waals surface area contributed by atoms with Gasteiger partial charge in [-0.05, 0) is 89.9 Å². The molecule has 2 saturated carbocycles. The third kappa shape index (κ3) is 2.38. The molecule has 0 amide bonds. The monoisotopic (exact) mass is 361 g/mol. The Morgan fingerprint density at radius 2 is 2.00 bits per heavy atom. The minimum atomic E-state index is 0.245. The lowest BCUT2D eigenvalue weighted by molar-refractivity contribution is -0.117. The summed E-state index contributed by atoms with van der Waals surface area (Å²) < 4.78 is 0. The highest BCUT2D eigenvalue weighted by atomic mass is 16.1. The Hall–Kier alpha value is -1.70. The van der Waals surface area contributed by atoms with Crippen molar-refractivity contribution in [2.24, 2.45) is 34.5 Å². The van der Waals surface area contributed by atoms with Crippen molar-refractivity contribution in [3.8, 4) is 0 Å². The Kier molecular flexibility index (Phi) is 3.80. The number of ketones is 1. The molecule has 2 heteroatoms. The number of rotatable bonds is 1. The van der Waals surface area contributed by atoms with Crippen LogP contribution in [0.5, 0.6) is 0 Å². The molecule has 0 aliphatic heterocycles. The van der Waals surface area contributed by atoms with E-state index in [1.165, 1.54) is 42.4 Å². The predicted octanol–water partition coefficient (Wildman–Crippen LogP) is 5.85. The Morgan fingerprint density at radius 1 is 1.15 bits per heavy atom. The number of aromatic nitrogens is 1. The van der Waals surface area contributed by atoms with E-state index < -0.39 is 0 Å². The van der Waals surface area contributed by atoms with Crippen LogP contribution in [0.15, 0.2) is 42.3 Å². The summed E-state index contributed by atoms with van der Waals surface area (Å²) in [5.41, 5.74) is 4.86. The Bertz CT molecular complexity index is 837. The van der Waals surface area contributed by atoms with Crippen molar-refractivity contribution in [2.45, 2.75) is 59.3 Å². The zero-order chi connectivity index (χ0) is 18.8. The van der Waals surface area contributed by atoms with E-state index in [0.717, 1.165) is 30.6 Å². The number of hydrogen-bond donors (Lipinski definition) is 0.